The van der Waals surface area contributed by atoms with Crippen LogP contribution in [0.5, 0.6) is 0 Å². The van der Waals surface area contributed by atoms with Gasteiger partial charge in [0.1, 0.15) is 0 Å². The second-order valence-corrected chi connectivity index (χ2v) is 5.47. The number of hydrogen-bond acceptors (Lipinski definition) is 5. The molecule has 1 aromatic heterocycles. The van der Waals surface area contributed by atoms with Gasteiger partial charge in [-0.15, -0.1) is 0 Å². The molecule has 0 radical (unpaired) electrons. The van der Waals surface area contributed by atoms with Crippen LogP contribution < -0.4 is 0 Å². The van der Waals surface area contributed by atoms with E-state index in [1.54, 1.807) is 17.9 Å². The number of hydrogen-bond donors (Lipinski definition) is 1. The molecular formula is C12H15NO5S. The molecule has 1 fully saturated rings. The van der Waals surface area contributed by atoms with E-state index in [9.17, 15) is 9.59 Å². The molecule has 1 saturated heterocycles. The molecule has 1 aromatic rings. The standard InChI is InChI=1S/C12H15NO5S/c1-8(11(14)13-4-6-17-7-5-13)19-10-3-2-9(18-10)12(15)16/h2-3,8H,4-7H2,1H3,(H,15,16). The van der Waals surface area contributed by atoms with Gasteiger partial charge in [-0.2, -0.15) is 0 Å². The molecule has 2 rings (SSSR count). The van der Waals surface area contributed by atoms with Crippen molar-refractivity contribution in [2.75, 3.05) is 26.3 Å². The van der Waals surface area contributed by atoms with Crippen LogP contribution in [0.2, 0.25) is 0 Å². The lowest BCUT2D eigenvalue weighted by atomic mass is 10.3. The van der Waals surface area contributed by atoms with Crippen molar-refractivity contribution in [2.24, 2.45) is 0 Å². The Morgan fingerprint density at radius 3 is 2.63 bits per heavy atom. The number of carboxylic acids is 1. The number of carbonyl (C=O) groups is 2. The Hall–Kier alpha value is -1.47. The van der Waals surface area contributed by atoms with Crippen molar-refractivity contribution < 1.29 is 23.8 Å². The van der Waals surface area contributed by atoms with E-state index in [-0.39, 0.29) is 16.9 Å². The quantitative estimate of drug-likeness (QED) is 0.840. The summed E-state index contributed by atoms with van der Waals surface area (Å²) in [5, 5.41) is 8.88. The van der Waals surface area contributed by atoms with Crippen LogP contribution in [0.25, 0.3) is 0 Å². The van der Waals surface area contributed by atoms with Crippen LogP contribution in [-0.2, 0) is 9.53 Å². The van der Waals surface area contributed by atoms with E-state index in [1.807, 2.05) is 0 Å². The van der Waals surface area contributed by atoms with Crippen LogP contribution >= 0.6 is 11.8 Å². The van der Waals surface area contributed by atoms with Gasteiger partial charge in [0, 0.05) is 13.1 Å². The molecule has 1 N–H and O–H groups in total. The maximum absolute atomic E-state index is 12.1. The topological polar surface area (TPSA) is 80.0 Å². The maximum Gasteiger partial charge on any atom is 0.371 e. The fourth-order valence-corrected chi connectivity index (χ4v) is 2.65. The third-order valence-electron chi connectivity index (χ3n) is 2.76. The van der Waals surface area contributed by atoms with Gasteiger partial charge in [-0.1, -0.05) is 11.8 Å². The SMILES string of the molecule is CC(Sc1ccc(C(=O)O)o1)C(=O)N1CCOCC1. The van der Waals surface area contributed by atoms with Gasteiger partial charge in [0.25, 0.3) is 0 Å². The zero-order chi connectivity index (χ0) is 13.8. The van der Waals surface area contributed by atoms with E-state index < -0.39 is 5.97 Å². The van der Waals surface area contributed by atoms with Crippen LogP contribution in [-0.4, -0.2) is 53.4 Å². The first-order valence-corrected chi connectivity index (χ1v) is 6.82. The monoisotopic (exact) mass is 285 g/mol. The van der Waals surface area contributed by atoms with E-state index in [0.29, 0.717) is 31.4 Å². The summed E-state index contributed by atoms with van der Waals surface area (Å²) in [5.41, 5.74) is 0. The van der Waals surface area contributed by atoms with Crippen molar-refractivity contribution in [1.29, 1.82) is 0 Å². The van der Waals surface area contributed by atoms with Crippen molar-refractivity contribution in [2.45, 2.75) is 17.3 Å². The average molecular weight is 285 g/mol. The van der Waals surface area contributed by atoms with Crippen molar-refractivity contribution in [3.63, 3.8) is 0 Å². The summed E-state index contributed by atoms with van der Waals surface area (Å²) in [7, 11) is 0. The highest BCUT2D eigenvalue weighted by Gasteiger charge is 2.24. The Morgan fingerprint density at radius 2 is 2.05 bits per heavy atom. The van der Waals surface area contributed by atoms with Gasteiger partial charge < -0.3 is 19.2 Å². The Morgan fingerprint density at radius 1 is 1.37 bits per heavy atom. The number of carbonyl (C=O) groups excluding carboxylic acids is 1. The zero-order valence-electron chi connectivity index (χ0n) is 10.5. The molecule has 0 saturated carbocycles. The summed E-state index contributed by atoms with van der Waals surface area (Å²) in [6.07, 6.45) is 0. The second kappa shape index (κ2) is 6.12. The average Bonchev–Trinajstić information content (AvgIpc) is 2.87. The molecule has 6 nitrogen and oxygen atoms in total. The Kier molecular flexibility index (Phi) is 4.49. The lowest BCUT2D eigenvalue weighted by Crippen LogP contribution is -2.44. The molecular weight excluding hydrogens is 270 g/mol. The summed E-state index contributed by atoms with van der Waals surface area (Å²) < 4.78 is 10.3. The fourth-order valence-electron chi connectivity index (χ4n) is 1.76. The number of morpholine rings is 1. The number of furan rings is 1. The highest BCUT2D eigenvalue weighted by Crippen LogP contribution is 2.26. The fraction of sp³-hybridized carbons (Fsp3) is 0.500. The number of rotatable bonds is 4. The van der Waals surface area contributed by atoms with E-state index >= 15 is 0 Å². The number of thioether (sulfide) groups is 1. The lowest BCUT2D eigenvalue weighted by Gasteiger charge is -2.28. The molecule has 1 amide bonds. The second-order valence-electron chi connectivity index (χ2n) is 4.12. The van der Waals surface area contributed by atoms with Crippen LogP contribution in [0.15, 0.2) is 21.6 Å². The van der Waals surface area contributed by atoms with Gasteiger partial charge in [0.15, 0.2) is 5.09 Å². The first kappa shape index (κ1) is 14.0. The largest absolute Gasteiger partial charge is 0.475 e. The number of carboxylic acid groups (broad SMARTS) is 1. The number of nitrogens with zero attached hydrogens (tertiary/aromatic N) is 1. The van der Waals surface area contributed by atoms with E-state index in [0.717, 1.165) is 0 Å². The molecule has 7 heteroatoms. The van der Waals surface area contributed by atoms with Gasteiger partial charge in [0.05, 0.1) is 18.5 Å². The molecule has 1 aliphatic rings. The van der Waals surface area contributed by atoms with Crippen LogP contribution in [0.3, 0.4) is 0 Å². The molecule has 0 aliphatic carbocycles. The number of amides is 1. The summed E-state index contributed by atoms with van der Waals surface area (Å²) >= 11 is 1.22. The smallest absolute Gasteiger partial charge is 0.371 e. The zero-order valence-corrected chi connectivity index (χ0v) is 11.3. The van der Waals surface area contributed by atoms with Crippen LogP contribution in [0, 0.1) is 0 Å². The minimum Gasteiger partial charge on any atom is -0.475 e. The first-order valence-electron chi connectivity index (χ1n) is 5.94. The highest BCUT2D eigenvalue weighted by molar-refractivity contribution is 8.00. The van der Waals surface area contributed by atoms with Gasteiger partial charge in [0.2, 0.25) is 11.7 Å². The molecule has 1 aliphatic heterocycles. The normalized spacial score (nSPS) is 17.2. The minimum atomic E-state index is -1.11. The minimum absolute atomic E-state index is 0.0153. The Bertz CT molecular complexity index is 466. The summed E-state index contributed by atoms with van der Waals surface area (Å²) in [5.74, 6) is -1.21. The third-order valence-corrected chi connectivity index (χ3v) is 3.76. The molecule has 0 aromatic carbocycles. The van der Waals surface area contributed by atoms with Crippen molar-refractivity contribution in [3.8, 4) is 0 Å². The van der Waals surface area contributed by atoms with E-state index in [2.05, 4.69) is 0 Å². The molecule has 1 atom stereocenters. The van der Waals surface area contributed by atoms with Gasteiger partial charge in [-0.3, -0.25) is 4.79 Å². The van der Waals surface area contributed by atoms with Crippen LogP contribution in [0.4, 0.5) is 0 Å². The molecule has 19 heavy (non-hydrogen) atoms. The Labute approximate surface area is 114 Å². The summed E-state index contributed by atoms with van der Waals surface area (Å²) in [6.45, 7) is 4.11. The molecule has 0 spiro atoms. The van der Waals surface area contributed by atoms with Crippen LogP contribution in [0.1, 0.15) is 17.5 Å². The van der Waals surface area contributed by atoms with E-state index in [4.69, 9.17) is 14.3 Å². The predicted molar refractivity (Wildman–Crippen MR) is 68.4 cm³/mol. The van der Waals surface area contributed by atoms with Crippen molar-refractivity contribution in [3.05, 3.63) is 17.9 Å². The van der Waals surface area contributed by atoms with Gasteiger partial charge in [-0.05, 0) is 19.1 Å². The summed E-state index contributed by atoms with van der Waals surface area (Å²) in [6, 6.07) is 2.95. The molecule has 104 valence electrons. The maximum atomic E-state index is 12.1. The first-order chi connectivity index (χ1) is 9.08. The molecule has 2 heterocycles. The van der Waals surface area contributed by atoms with Crippen molar-refractivity contribution >= 4 is 23.6 Å². The van der Waals surface area contributed by atoms with E-state index in [1.165, 1.54) is 17.8 Å². The van der Waals surface area contributed by atoms with Gasteiger partial charge in [-0.25, -0.2) is 4.79 Å². The van der Waals surface area contributed by atoms with Crippen molar-refractivity contribution in [1.82, 2.24) is 4.90 Å². The predicted octanol–water partition coefficient (Wildman–Crippen LogP) is 1.32. The highest BCUT2D eigenvalue weighted by atomic mass is 32.2. The molecule has 0 bridgehead atoms. The summed E-state index contributed by atoms with van der Waals surface area (Å²) in [4.78, 5) is 24.6. The molecule has 1 unspecified atom stereocenters. The number of ether oxygens (including phenoxy) is 1. The lowest BCUT2D eigenvalue weighted by molar-refractivity contribution is -0.134. The number of aromatic carboxylic acids is 1. The third kappa shape index (κ3) is 3.51. The Balaban J connectivity index is 1.93. The van der Waals surface area contributed by atoms with Gasteiger partial charge >= 0.3 is 5.97 Å².